The quantitative estimate of drug-likeness (QED) is 0.0733. The molecular formula is C38H54F4O3S. The molecule has 3 aliphatic carbocycles. The molecule has 1 fully saturated rings. The molecule has 8 heteroatoms. The van der Waals surface area contributed by atoms with Gasteiger partial charge in [-0.1, -0.05) is 56.5 Å². The SMILES string of the molecule is CC1CCC(C)(C2=CC=C(O)CC2)C(CCCC(=O)CCCCCSOCCCC(F)(F)C(C)(F)F)c2ccc(C3CCC3)cc21. The number of aliphatic hydroxyl groups excluding tert-OH is 1. The number of hydrogen-bond acceptors (Lipinski definition) is 4. The highest BCUT2D eigenvalue weighted by Gasteiger charge is 2.51. The predicted octanol–water partition coefficient (Wildman–Crippen LogP) is 12.1. The topological polar surface area (TPSA) is 46.5 Å². The van der Waals surface area contributed by atoms with E-state index in [0.29, 0.717) is 54.3 Å². The standard InChI is InChI=1S/C38H54F4O3S/c1-27-21-23-36(2,30-16-18-32(44)19-17-30)35(33-20-15-29(26-34(27)33)28-10-7-11-28)14-8-13-31(43)12-5-4-6-25-46-45-24-9-22-38(41,42)37(3,39)40/h15-16,18,20,26-28,35,44H,4-14,17,19,21-25H2,1-3H3. The largest absolute Gasteiger partial charge is 0.512 e. The highest BCUT2D eigenvalue weighted by molar-refractivity contribution is 7.94. The number of alkyl halides is 4. The first-order chi connectivity index (χ1) is 21.8. The van der Waals surface area contributed by atoms with Crippen molar-refractivity contribution >= 4 is 17.8 Å². The summed E-state index contributed by atoms with van der Waals surface area (Å²) in [7, 11) is 0. The normalized spacial score (nSPS) is 24.1. The molecule has 0 amide bonds. The van der Waals surface area contributed by atoms with Crippen LogP contribution in [0.4, 0.5) is 17.6 Å². The molecule has 0 radical (unpaired) electrons. The lowest BCUT2D eigenvalue weighted by atomic mass is 9.63. The van der Waals surface area contributed by atoms with Crippen molar-refractivity contribution in [2.24, 2.45) is 5.41 Å². The second-order valence-electron chi connectivity index (χ2n) is 14.4. The van der Waals surface area contributed by atoms with Crippen molar-refractivity contribution in [3.05, 3.63) is 58.4 Å². The number of rotatable bonds is 18. The molecule has 3 atom stereocenters. The van der Waals surface area contributed by atoms with E-state index in [1.54, 1.807) is 0 Å². The Bertz CT molecular complexity index is 1220. The van der Waals surface area contributed by atoms with Crippen LogP contribution in [0.5, 0.6) is 0 Å². The minimum Gasteiger partial charge on any atom is -0.512 e. The second-order valence-corrected chi connectivity index (χ2v) is 15.2. The fourth-order valence-electron chi connectivity index (χ4n) is 7.46. The van der Waals surface area contributed by atoms with E-state index in [0.717, 1.165) is 51.4 Å². The first-order valence-electron chi connectivity index (χ1n) is 17.6. The second kappa shape index (κ2) is 16.5. The Labute approximate surface area is 278 Å². The van der Waals surface area contributed by atoms with Gasteiger partial charge in [-0.15, -0.1) is 0 Å². The molecule has 46 heavy (non-hydrogen) atoms. The van der Waals surface area contributed by atoms with Gasteiger partial charge in [-0.05, 0) is 122 Å². The Morgan fingerprint density at radius 2 is 1.76 bits per heavy atom. The van der Waals surface area contributed by atoms with E-state index in [1.807, 2.05) is 6.08 Å². The molecule has 4 rings (SSSR count). The van der Waals surface area contributed by atoms with E-state index < -0.39 is 18.3 Å². The number of halogens is 4. The van der Waals surface area contributed by atoms with Crippen molar-refractivity contribution in [3.8, 4) is 0 Å². The van der Waals surface area contributed by atoms with Crippen LogP contribution in [-0.4, -0.2) is 35.1 Å². The number of ketones is 1. The molecule has 0 spiro atoms. The van der Waals surface area contributed by atoms with Crippen molar-refractivity contribution in [2.75, 3.05) is 12.4 Å². The van der Waals surface area contributed by atoms with Crippen LogP contribution in [0.25, 0.3) is 0 Å². The fourth-order valence-corrected chi connectivity index (χ4v) is 8.14. The van der Waals surface area contributed by atoms with Gasteiger partial charge in [0.1, 0.15) is 5.78 Å². The van der Waals surface area contributed by atoms with E-state index >= 15 is 0 Å². The lowest BCUT2D eigenvalue weighted by Crippen LogP contribution is -2.37. The minimum atomic E-state index is -4.02. The van der Waals surface area contributed by atoms with Gasteiger partial charge in [0, 0.05) is 38.4 Å². The number of fused-ring (bicyclic) bond motifs is 1. The summed E-state index contributed by atoms with van der Waals surface area (Å²) in [6.45, 7) is 5.05. The number of hydrogen-bond donors (Lipinski definition) is 1. The van der Waals surface area contributed by atoms with Crippen molar-refractivity contribution in [3.63, 3.8) is 0 Å². The number of allylic oxidation sites excluding steroid dienone is 4. The monoisotopic (exact) mass is 666 g/mol. The van der Waals surface area contributed by atoms with Crippen LogP contribution in [-0.2, 0) is 8.98 Å². The molecule has 0 saturated heterocycles. The summed E-state index contributed by atoms with van der Waals surface area (Å²) in [5.41, 5.74) is 5.86. The first-order valence-corrected chi connectivity index (χ1v) is 18.5. The van der Waals surface area contributed by atoms with Crippen LogP contribution in [0.3, 0.4) is 0 Å². The van der Waals surface area contributed by atoms with E-state index in [-0.39, 0.29) is 25.4 Å². The maximum absolute atomic E-state index is 13.3. The average molecular weight is 667 g/mol. The van der Waals surface area contributed by atoms with Crippen LogP contribution < -0.4 is 0 Å². The molecule has 3 unspecified atom stereocenters. The summed E-state index contributed by atoms with van der Waals surface area (Å²) in [4.78, 5) is 12.9. The van der Waals surface area contributed by atoms with Crippen LogP contribution in [0.15, 0.2) is 41.7 Å². The molecule has 1 saturated carbocycles. The molecule has 0 aliphatic heterocycles. The number of Topliss-reactive ketones (excluding diaryl/α,β-unsaturated/α-hetero) is 1. The number of benzene rings is 1. The van der Waals surface area contributed by atoms with E-state index in [2.05, 4.69) is 38.1 Å². The highest BCUT2D eigenvalue weighted by atomic mass is 32.2. The maximum Gasteiger partial charge on any atom is 0.310 e. The average Bonchev–Trinajstić information content (AvgIpc) is 3.07. The van der Waals surface area contributed by atoms with Crippen molar-refractivity contribution in [1.82, 2.24) is 0 Å². The van der Waals surface area contributed by atoms with Crippen LogP contribution in [0, 0.1) is 5.41 Å². The number of aliphatic hydroxyl groups is 1. The summed E-state index contributed by atoms with van der Waals surface area (Å²) in [6, 6.07) is 7.28. The summed E-state index contributed by atoms with van der Waals surface area (Å²) in [6.07, 6.45) is 16.2. The predicted molar refractivity (Wildman–Crippen MR) is 180 cm³/mol. The van der Waals surface area contributed by atoms with Crippen LogP contribution >= 0.6 is 12.0 Å². The zero-order valence-electron chi connectivity index (χ0n) is 28.0. The zero-order valence-corrected chi connectivity index (χ0v) is 28.8. The van der Waals surface area contributed by atoms with Crippen molar-refractivity contribution < 1.29 is 31.6 Å². The summed E-state index contributed by atoms with van der Waals surface area (Å²) in [5.74, 6) is -5.07. The zero-order chi connectivity index (χ0) is 33.4. The summed E-state index contributed by atoms with van der Waals surface area (Å²) >= 11 is 1.18. The molecule has 0 bridgehead atoms. The van der Waals surface area contributed by atoms with E-state index in [1.165, 1.54) is 53.6 Å². The molecule has 0 heterocycles. The minimum absolute atomic E-state index is 0.0103. The van der Waals surface area contributed by atoms with Crippen molar-refractivity contribution in [1.29, 1.82) is 0 Å². The summed E-state index contributed by atoms with van der Waals surface area (Å²) in [5, 5.41) is 10.1. The molecule has 0 aromatic heterocycles. The molecule has 1 aromatic carbocycles. The summed E-state index contributed by atoms with van der Waals surface area (Å²) < 4.78 is 57.6. The lowest BCUT2D eigenvalue weighted by Gasteiger charge is -2.41. The third-order valence-corrected chi connectivity index (χ3v) is 11.7. The number of carbonyl (C=O) groups is 1. The maximum atomic E-state index is 13.3. The van der Waals surface area contributed by atoms with Gasteiger partial charge in [-0.3, -0.25) is 4.79 Å². The highest BCUT2D eigenvalue weighted by Crippen LogP contribution is 2.55. The molecule has 258 valence electrons. The molecular weight excluding hydrogens is 612 g/mol. The van der Waals surface area contributed by atoms with E-state index in [4.69, 9.17) is 4.18 Å². The van der Waals surface area contributed by atoms with Gasteiger partial charge in [0.05, 0.1) is 12.4 Å². The third-order valence-electron chi connectivity index (χ3n) is 10.9. The van der Waals surface area contributed by atoms with E-state index in [9.17, 15) is 27.5 Å². The molecule has 1 N–H and O–H groups in total. The van der Waals surface area contributed by atoms with Crippen molar-refractivity contribution in [2.45, 2.75) is 153 Å². The Morgan fingerprint density at radius 1 is 1.00 bits per heavy atom. The Balaban J connectivity index is 1.24. The Morgan fingerprint density at radius 3 is 2.43 bits per heavy atom. The van der Waals surface area contributed by atoms with Gasteiger partial charge < -0.3 is 9.29 Å². The smallest absolute Gasteiger partial charge is 0.310 e. The lowest BCUT2D eigenvalue weighted by molar-refractivity contribution is -0.201. The fraction of sp³-hybridized carbons (Fsp3) is 0.711. The van der Waals surface area contributed by atoms with Crippen LogP contribution in [0.1, 0.15) is 158 Å². The van der Waals surface area contributed by atoms with Gasteiger partial charge in [0.2, 0.25) is 0 Å². The van der Waals surface area contributed by atoms with Gasteiger partial charge in [0.25, 0.3) is 0 Å². The Hall–Kier alpha value is -1.80. The van der Waals surface area contributed by atoms with Gasteiger partial charge in [-0.25, -0.2) is 8.78 Å². The molecule has 3 aliphatic rings. The van der Waals surface area contributed by atoms with Gasteiger partial charge >= 0.3 is 11.8 Å². The molecule has 3 nitrogen and oxygen atoms in total. The number of carbonyl (C=O) groups excluding carboxylic acids is 1. The van der Waals surface area contributed by atoms with Gasteiger partial charge in [0.15, 0.2) is 0 Å². The number of unbranched alkanes of at least 4 members (excludes halogenated alkanes) is 2. The molecule has 1 aromatic rings. The van der Waals surface area contributed by atoms with Crippen LogP contribution in [0.2, 0.25) is 0 Å². The first kappa shape index (κ1) is 37.0. The van der Waals surface area contributed by atoms with Gasteiger partial charge in [-0.2, -0.15) is 8.78 Å². The third kappa shape index (κ3) is 9.64. The Kier molecular flexibility index (Phi) is 13.3.